The van der Waals surface area contributed by atoms with E-state index in [1.54, 1.807) is 14.1 Å². The minimum absolute atomic E-state index is 0.0252. The molecule has 1 aliphatic carbocycles. The lowest BCUT2D eigenvalue weighted by atomic mass is 9.81. The van der Waals surface area contributed by atoms with Crippen LogP contribution in [0.25, 0.3) is 0 Å². The molecule has 1 saturated carbocycles. The first-order valence-electron chi connectivity index (χ1n) is 8.20. The molecule has 2 amide bonds. The minimum atomic E-state index is -0.222. The quantitative estimate of drug-likeness (QED) is 0.717. The van der Waals surface area contributed by atoms with E-state index >= 15 is 0 Å². The Hall–Kier alpha value is -1.14. The fraction of sp³-hybridized carbons (Fsp3) is 0.875. The summed E-state index contributed by atoms with van der Waals surface area (Å²) in [7, 11) is 3.45. The van der Waals surface area contributed by atoms with E-state index in [1.807, 2.05) is 4.90 Å². The lowest BCUT2D eigenvalue weighted by molar-refractivity contribution is -0.169. The van der Waals surface area contributed by atoms with Gasteiger partial charge in [-0.05, 0) is 25.2 Å². The second-order valence-corrected chi connectivity index (χ2v) is 7.10. The molecule has 3 rings (SSSR count). The molecule has 0 aromatic carbocycles. The number of likely N-dealkylation sites (N-methyl/N-ethyl adjacent to an activating group) is 1. The first-order valence-corrected chi connectivity index (χ1v) is 8.20. The fourth-order valence-electron chi connectivity index (χ4n) is 3.26. The Bertz CT molecular complexity index is 441. The predicted octanol–water partition coefficient (Wildman–Crippen LogP) is 0.509. The number of carbonyl (C=O) groups excluding carboxylic acids is 2. The van der Waals surface area contributed by atoms with Crippen molar-refractivity contribution in [1.29, 1.82) is 0 Å². The van der Waals surface area contributed by atoms with Crippen LogP contribution in [0.3, 0.4) is 0 Å². The molecular formula is C16H26N2O4. The lowest BCUT2D eigenvalue weighted by Crippen LogP contribution is -2.66. The normalized spacial score (nSPS) is 26.1. The Kier molecular flexibility index (Phi) is 4.41. The smallest absolute Gasteiger partial charge is 0.248 e. The van der Waals surface area contributed by atoms with Gasteiger partial charge in [-0.25, -0.2) is 0 Å². The highest BCUT2D eigenvalue weighted by molar-refractivity contribution is 5.78. The van der Waals surface area contributed by atoms with Gasteiger partial charge in [-0.2, -0.15) is 0 Å². The van der Waals surface area contributed by atoms with Gasteiger partial charge in [0.05, 0.1) is 19.7 Å². The van der Waals surface area contributed by atoms with Gasteiger partial charge in [0.25, 0.3) is 0 Å². The second-order valence-electron chi connectivity index (χ2n) is 7.10. The molecule has 0 unspecified atom stereocenters. The molecule has 0 aromatic rings. The first-order chi connectivity index (χ1) is 10.5. The van der Waals surface area contributed by atoms with Crippen molar-refractivity contribution in [1.82, 2.24) is 9.80 Å². The van der Waals surface area contributed by atoms with Crippen LogP contribution < -0.4 is 0 Å². The van der Waals surface area contributed by atoms with Crippen LogP contribution in [-0.4, -0.2) is 74.2 Å². The van der Waals surface area contributed by atoms with Crippen LogP contribution in [0.1, 0.15) is 25.7 Å². The third kappa shape index (κ3) is 3.27. The minimum Gasteiger partial charge on any atom is -0.371 e. The summed E-state index contributed by atoms with van der Waals surface area (Å²) in [5, 5.41) is 0. The molecule has 0 radical (unpaired) electrons. The third-order valence-electron chi connectivity index (χ3n) is 5.07. The third-order valence-corrected chi connectivity index (χ3v) is 5.07. The Morgan fingerprint density at radius 2 is 2.00 bits per heavy atom. The number of rotatable bonds is 6. The van der Waals surface area contributed by atoms with Gasteiger partial charge in [0.1, 0.15) is 12.2 Å². The van der Waals surface area contributed by atoms with Crippen LogP contribution in [-0.2, 0) is 19.1 Å². The topological polar surface area (TPSA) is 59.1 Å². The summed E-state index contributed by atoms with van der Waals surface area (Å²) in [6.07, 6.45) is 4.06. The fourth-order valence-corrected chi connectivity index (χ4v) is 3.26. The Morgan fingerprint density at radius 1 is 1.27 bits per heavy atom. The number of hydrogen-bond donors (Lipinski definition) is 0. The van der Waals surface area contributed by atoms with Crippen LogP contribution >= 0.6 is 0 Å². The number of carbonyl (C=O) groups is 2. The molecule has 124 valence electrons. The molecule has 2 saturated heterocycles. The summed E-state index contributed by atoms with van der Waals surface area (Å²) in [4.78, 5) is 27.1. The highest BCUT2D eigenvalue weighted by Crippen LogP contribution is 2.41. The van der Waals surface area contributed by atoms with Crippen molar-refractivity contribution < 1.29 is 19.1 Å². The van der Waals surface area contributed by atoms with Gasteiger partial charge in [-0.3, -0.25) is 9.59 Å². The van der Waals surface area contributed by atoms with Gasteiger partial charge >= 0.3 is 0 Å². The highest BCUT2D eigenvalue weighted by atomic mass is 16.5. The molecule has 3 fully saturated rings. The van der Waals surface area contributed by atoms with E-state index in [-0.39, 0.29) is 29.9 Å². The molecule has 1 spiro atoms. The van der Waals surface area contributed by atoms with E-state index in [2.05, 4.69) is 0 Å². The van der Waals surface area contributed by atoms with E-state index < -0.39 is 0 Å². The predicted molar refractivity (Wildman–Crippen MR) is 80.2 cm³/mol. The van der Waals surface area contributed by atoms with Gasteiger partial charge in [0, 0.05) is 33.0 Å². The molecule has 3 aliphatic rings. The summed E-state index contributed by atoms with van der Waals surface area (Å²) in [5.74, 6) is 1.16. The maximum absolute atomic E-state index is 12.1. The zero-order valence-corrected chi connectivity index (χ0v) is 13.5. The van der Waals surface area contributed by atoms with E-state index in [0.29, 0.717) is 32.0 Å². The Labute approximate surface area is 131 Å². The van der Waals surface area contributed by atoms with E-state index in [1.165, 1.54) is 17.7 Å². The molecular weight excluding hydrogens is 284 g/mol. The van der Waals surface area contributed by atoms with Gasteiger partial charge in [0.15, 0.2) is 0 Å². The van der Waals surface area contributed by atoms with Crippen molar-refractivity contribution in [3.63, 3.8) is 0 Å². The van der Waals surface area contributed by atoms with Crippen LogP contribution in [0.5, 0.6) is 0 Å². The zero-order chi connectivity index (χ0) is 15.7. The average molecular weight is 310 g/mol. The van der Waals surface area contributed by atoms with Crippen LogP contribution in [0.4, 0.5) is 0 Å². The van der Waals surface area contributed by atoms with Crippen LogP contribution in [0.15, 0.2) is 0 Å². The molecule has 2 aliphatic heterocycles. The summed E-state index contributed by atoms with van der Waals surface area (Å²) in [6, 6.07) is 0. The van der Waals surface area contributed by atoms with Crippen molar-refractivity contribution >= 4 is 11.8 Å². The summed E-state index contributed by atoms with van der Waals surface area (Å²) >= 11 is 0. The van der Waals surface area contributed by atoms with Gasteiger partial charge < -0.3 is 19.3 Å². The number of amides is 2. The number of nitrogens with zero attached hydrogens (tertiary/aromatic N) is 2. The van der Waals surface area contributed by atoms with Crippen LogP contribution in [0, 0.1) is 11.8 Å². The maximum Gasteiger partial charge on any atom is 0.248 e. The number of ether oxygens (including phenoxy) is 2. The van der Waals surface area contributed by atoms with Crippen molar-refractivity contribution in [2.75, 3.05) is 47.0 Å². The standard InChI is InChI=1S/C16H26N2O4/c1-17(2)15(20)9-21-8-13-5-6-22-16(13)10-18(11-16)14(19)7-12-3-4-12/h12-13H,3-11H2,1-2H3/t13-/m0/s1. The zero-order valence-electron chi connectivity index (χ0n) is 13.5. The highest BCUT2D eigenvalue weighted by Gasteiger charge is 2.54. The van der Waals surface area contributed by atoms with Crippen molar-refractivity contribution in [2.24, 2.45) is 11.8 Å². The SMILES string of the molecule is CN(C)C(=O)COC[C@@H]1CCOC12CN(C(=O)CC1CC1)C2. The maximum atomic E-state index is 12.1. The summed E-state index contributed by atoms with van der Waals surface area (Å²) in [6.45, 7) is 2.75. The van der Waals surface area contributed by atoms with E-state index in [9.17, 15) is 9.59 Å². The first kappa shape index (κ1) is 15.7. The van der Waals surface area contributed by atoms with Crippen molar-refractivity contribution in [3.05, 3.63) is 0 Å². The molecule has 0 aromatic heterocycles. The number of likely N-dealkylation sites (tertiary alicyclic amines) is 1. The van der Waals surface area contributed by atoms with Gasteiger partial charge in [0.2, 0.25) is 11.8 Å². The van der Waals surface area contributed by atoms with Crippen molar-refractivity contribution in [2.45, 2.75) is 31.3 Å². The monoisotopic (exact) mass is 310 g/mol. The molecule has 2 heterocycles. The van der Waals surface area contributed by atoms with Crippen LogP contribution in [0.2, 0.25) is 0 Å². The largest absolute Gasteiger partial charge is 0.371 e. The Balaban J connectivity index is 1.43. The van der Waals surface area contributed by atoms with Gasteiger partial charge in [-0.1, -0.05) is 0 Å². The number of hydrogen-bond acceptors (Lipinski definition) is 4. The molecule has 1 atom stereocenters. The van der Waals surface area contributed by atoms with E-state index in [4.69, 9.17) is 9.47 Å². The van der Waals surface area contributed by atoms with Gasteiger partial charge in [-0.15, -0.1) is 0 Å². The molecule has 6 nitrogen and oxygen atoms in total. The Morgan fingerprint density at radius 3 is 2.64 bits per heavy atom. The average Bonchev–Trinajstić information content (AvgIpc) is 3.13. The molecule has 0 N–H and O–H groups in total. The van der Waals surface area contributed by atoms with E-state index in [0.717, 1.165) is 13.0 Å². The molecule has 0 bridgehead atoms. The molecule has 6 heteroatoms. The second kappa shape index (κ2) is 6.16. The summed E-state index contributed by atoms with van der Waals surface area (Å²) < 4.78 is 11.5. The molecule has 22 heavy (non-hydrogen) atoms. The lowest BCUT2D eigenvalue weighted by Gasteiger charge is -2.50. The summed E-state index contributed by atoms with van der Waals surface area (Å²) in [5.41, 5.74) is -0.222. The van der Waals surface area contributed by atoms with Crippen molar-refractivity contribution in [3.8, 4) is 0 Å².